The Bertz CT molecular complexity index is 299. The Morgan fingerprint density at radius 3 is 3.00 bits per heavy atom. The summed E-state index contributed by atoms with van der Waals surface area (Å²) in [4.78, 5) is 10.3. The molecule has 1 heterocycles. The van der Waals surface area contributed by atoms with Crippen molar-refractivity contribution < 1.29 is 4.79 Å². The molecule has 1 aromatic rings. The van der Waals surface area contributed by atoms with Gasteiger partial charge in [0, 0.05) is 12.7 Å². The van der Waals surface area contributed by atoms with Crippen LogP contribution in [0.2, 0.25) is 0 Å². The lowest BCUT2D eigenvalue weighted by atomic mass is 10.1. The fraction of sp³-hybridized carbons (Fsp3) is 0.556. The summed E-state index contributed by atoms with van der Waals surface area (Å²) in [5, 5.41) is 4.10. The minimum atomic E-state index is 0.451. The van der Waals surface area contributed by atoms with Crippen LogP contribution in [-0.2, 0) is 6.54 Å². The molecule has 2 rings (SSSR count). The second-order valence-corrected chi connectivity index (χ2v) is 3.90. The van der Waals surface area contributed by atoms with E-state index < -0.39 is 0 Å². The molecule has 0 radical (unpaired) electrons. The van der Waals surface area contributed by atoms with Gasteiger partial charge >= 0.3 is 0 Å². The molecule has 64 valence electrons. The van der Waals surface area contributed by atoms with Gasteiger partial charge in [-0.2, -0.15) is 5.10 Å². The molecule has 0 unspecified atom stereocenters. The quantitative estimate of drug-likeness (QED) is 0.634. The van der Waals surface area contributed by atoms with Crippen LogP contribution in [0.4, 0.5) is 0 Å². The summed E-state index contributed by atoms with van der Waals surface area (Å²) in [6.45, 7) is 3.19. The predicted octanol–water partition coefficient (Wildman–Crippen LogP) is 1.50. The normalized spacial score (nSPS) is 19.1. The second-order valence-electron chi connectivity index (χ2n) is 3.90. The summed E-state index contributed by atoms with van der Waals surface area (Å²) < 4.78 is 1.86. The van der Waals surface area contributed by atoms with E-state index in [1.54, 1.807) is 12.4 Å². The van der Waals surface area contributed by atoms with E-state index in [4.69, 9.17) is 0 Å². The van der Waals surface area contributed by atoms with Crippen LogP contribution in [-0.4, -0.2) is 16.1 Å². The maximum Gasteiger partial charge on any atom is 0.153 e. The Hall–Kier alpha value is -1.12. The van der Waals surface area contributed by atoms with Crippen LogP contribution in [0.5, 0.6) is 0 Å². The van der Waals surface area contributed by atoms with E-state index in [2.05, 4.69) is 12.0 Å². The van der Waals surface area contributed by atoms with Gasteiger partial charge in [-0.15, -0.1) is 0 Å². The van der Waals surface area contributed by atoms with Crippen molar-refractivity contribution >= 4 is 6.29 Å². The monoisotopic (exact) mass is 164 g/mol. The zero-order chi connectivity index (χ0) is 8.60. The van der Waals surface area contributed by atoms with Crippen molar-refractivity contribution in [2.75, 3.05) is 0 Å². The van der Waals surface area contributed by atoms with Gasteiger partial charge < -0.3 is 0 Å². The molecule has 1 aromatic heterocycles. The van der Waals surface area contributed by atoms with E-state index in [0.717, 1.165) is 12.8 Å². The van der Waals surface area contributed by atoms with E-state index in [0.29, 0.717) is 11.0 Å². The van der Waals surface area contributed by atoms with Gasteiger partial charge in [-0.25, -0.2) is 0 Å². The average Bonchev–Trinajstić information content (AvgIpc) is 2.63. The molecule has 1 saturated carbocycles. The largest absolute Gasteiger partial charge is 0.298 e. The molecule has 3 nitrogen and oxygen atoms in total. The van der Waals surface area contributed by atoms with Crippen LogP contribution < -0.4 is 0 Å². The maximum atomic E-state index is 10.3. The minimum absolute atomic E-state index is 0.451. The first-order chi connectivity index (χ1) is 5.72. The first-order valence-electron chi connectivity index (χ1n) is 4.20. The third-order valence-electron chi connectivity index (χ3n) is 2.44. The molecule has 12 heavy (non-hydrogen) atoms. The van der Waals surface area contributed by atoms with E-state index in [1.807, 2.05) is 4.68 Å². The Morgan fingerprint density at radius 1 is 1.75 bits per heavy atom. The molecule has 0 aromatic carbocycles. The SMILES string of the molecule is CC1(Cn2cc(C=O)cn2)CC1. The summed E-state index contributed by atoms with van der Waals surface area (Å²) in [6, 6.07) is 0. The molecule has 0 bridgehead atoms. The summed E-state index contributed by atoms with van der Waals surface area (Å²) in [7, 11) is 0. The number of carbonyl (C=O) groups is 1. The number of aromatic nitrogens is 2. The number of hydrogen-bond acceptors (Lipinski definition) is 2. The Balaban J connectivity index is 2.08. The molecule has 0 spiro atoms. The molecular weight excluding hydrogens is 152 g/mol. The Labute approximate surface area is 71.4 Å². The smallest absolute Gasteiger partial charge is 0.153 e. The second kappa shape index (κ2) is 2.44. The zero-order valence-corrected chi connectivity index (χ0v) is 7.16. The predicted molar refractivity (Wildman–Crippen MR) is 45.0 cm³/mol. The highest BCUT2D eigenvalue weighted by Gasteiger charge is 2.37. The lowest BCUT2D eigenvalue weighted by molar-refractivity contribution is 0.112. The average molecular weight is 164 g/mol. The molecule has 1 aliphatic rings. The lowest BCUT2D eigenvalue weighted by Crippen LogP contribution is -2.07. The fourth-order valence-corrected chi connectivity index (χ4v) is 1.29. The Kier molecular flexibility index (Phi) is 1.53. The van der Waals surface area contributed by atoms with Crippen molar-refractivity contribution in [2.24, 2.45) is 5.41 Å². The number of rotatable bonds is 3. The summed E-state index contributed by atoms with van der Waals surface area (Å²) >= 11 is 0. The van der Waals surface area contributed by atoms with Gasteiger partial charge in [0.25, 0.3) is 0 Å². The van der Waals surface area contributed by atoms with E-state index in [-0.39, 0.29) is 0 Å². The van der Waals surface area contributed by atoms with E-state index in [1.165, 1.54) is 12.8 Å². The molecule has 1 fully saturated rings. The molecule has 0 saturated heterocycles. The van der Waals surface area contributed by atoms with Gasteiger partial charge in [-0.3, -0.25) is 9.48 Å². The summed E-state index contributed by atoms with van der Waals surface area (Å²) in [6.07, 6.45) is 6.81. The number of aldehydes is 1. The van der Waals surface area contributed by atoms with Gasteiger partial charge in [0.1, 0.15) is 0 Å². The Morgan fingerprint density at radius 2 is 2.50 bits per heavy atom. The van der Waals surface area contributed by atoms with Crippen molar-refractivity contribution in [3.63, 3.8) is 0 Å². The van der Waals surface area contributed by atoms with Crippen LogP contribution in [0, 0.1) is 5.41 Å². The molecule has 0 atom stereocenters. The van der Waals surface area contributed by atoms with Crippen molar-refractivity contribution in [1.29, 1.82) is 0 Å². The number of hydrogen-bond donors (Lipinski definition) is 0. The zero-order valence-electron chi connectivity index (χ0n) is 7.16. The van der Waals surface area contributed by atoms with Gasteiger partial charge in [0.2, 0.25) is 0 Å². The molecule has 1 aliphatic carbocycles. The summed E-state index contributed by atoms with van der Waals surface area (Å²) in [5.41, 5.74) is 1.12. The molecule has 0 amide bonds. The van der Waals surface area contributed by atoms with Crippen molar-refractivity contribution in [3.8, 4) is 0 Å². The molecule has 0 N–H and O–H groups in total. The van der Waals surface area contributed by atoms with Crippen molar-refractivity contribution in [2.45, 2.75) is 26.3 Å². The highest BCUT2D eigenvalue weighted by molar-refractivity contribution is 5.73. The van der Waals surface area contributed by atoms with Crippen LogP contribution in [0.25, 0.3) is 0 Å². The molecule has 3 heteroatoms. The van der Waals surface area contributed by atoms with Crippen molar-refractivity contribution in [3.05, 3.63) is 18.0 Å². The van der Waals surface area contributed by atoms with Gasteiger partial charge in [-0.05, 0) is 18.3 Å². The summed E-state index contributed by atoms with van der Waals surface area (Å²) in [5.74, 6) is 0. The maximum absolute atomic E-state index is 10.3. The highest BCUT2D eigenvalue weighted by atomic mass is 16.1. The lowest BCUT2D eigenvalue weighted by Gasteiger charge is -2.06. The van der Waals surface area contributed by atoms with Crippen LogP contribution >= 0.6 is 0 Å². The topological polar surface area (TPSA) is 34.9 Å². The number of carbonyl (C=O) groups excluding carboxylic acids is 1. The van der Waals surface area contributed by atoms with Gasteiger partial charge in [-0.1, -0.05) is 6.92 Å². The van der Waals surface area contributed by atoms with Crippen LogP contribution in [0.15, 0.2) is 12.4 Å². The third-order valence-corrected chi connectivity index (χ3v) is 2.44. The fourth-order valence-electron chi connectivity index (χ4n) is 1.29. The standard InChI is InChI=1S/C9H12N2O/c1-9(2-3-9)7-11-5-8(6-12)4-10-11/h4-6H,2-3,7H2,1H3. The van der Waals surface area contributed by atoms with Crippen LogP contribution in [0.1, 0.15) is 30.1 Å². The van der Waals surface area contributed by atoms with Gasteiger partial charge in [0.05, 0.1) is 11.8 Å². The first kappa shape index (κ1) is 7.53. The van der Waals surface area contributed by atoms with Crippen molar-refractivity contribution in [1.82, 2.24) is 9.78 Å². The molecule has 0 aliphatic heterocycles. The first-order valence-corrected chi connectivity index (χ1v) is 4.20. The molecular formula is C9H12N2O. The van der Waals surface area contributed by atoms with E-state index in [9.17, 15) is 4.79 Å². The minimum Gasteiger partial charge on any atom is -0.298 e. The number of nitrogens with zero attached hydrogens (tertiary/aromatic N) is 2. The highest BCUT2D eigenvalue weighted by Crippen LogP contribution is 2.46. The third kappa shape index (κ3) is 1.40. The van der Waals surface area contributed by atoms with Gasteiger partial charge in [0.15, 0.2) is 6.29 Å². The van der Waals surface area contributed by atoms with Crippen LogP contribution in [0.3, 0.4) is 0 Å². The van der Waals surface area contributed by atoms with E-state index >= 15 is 0 Å².